The van der Waals surface area contributed by atoms with E-state index in [1.54, 1.807) is 0 Å². The molecule has 6 nitrogen and oxygen atoms in total. The standard InChI is InChI=1S/C24H44N2O4Si/c1-17(30-31(8,9)24(5,6)7)16-26-21(23(2,3)4)20(27)19(29-22(25)28)15-18-13-11-10-12-14-18/h10-14,17,19-21,26-27H,15-16H2,1-9H3,(H2,25,28)/t17-,19-,20-,21?/m0/s1. The van der Waals surface area contributed by atoms with Crippen molar-refractivity contribution in [2.45, 2.75) is 97.4 Å². The van der Waals surface area contributed by atoms with Crippen LogP contribution in [0.3, 0.4) is 0 Å². The van der Waals surface area contributed by atoms with E-state index < -0.39 is 26.6 Å². The van der Waals surface area contributed by atoms with Crippen molar-refractivity contribution in [2.75, 3.05) is 6.54 Å². The van der Waals surface area contributed by atoms with E-state index in [0.717, 1.165) is 5.56 Å². The first-order valence-electron chi connectivity index (χ1n) is 11.1. The van der Waals surface area contributed by atoms with Crippen molar-refractivity contribution >= 4 is 14.4 Å². The predicted molar refractivity (Wildman–Crippen MR) is 130 cm³/mol. The number of hydrogen-bond acceptors (Lipinski definition) is 5. The van der Waals surface area contributed by atoms with Gasteiger partial charge in [0.15, 0.2) is 8.32 Å². The number of rotatable bonds is 10. The molecule has 0 saturated carbocycles. The summed E-state index contributed by atoms with van der Waals surface area (Å²) in [4.78, 5) is 11.5. The first kappa shape index (κ1) is 27.6. The Bertz CT molecular complexity index is 683. The average Bonchev–Trinajstić information content (AvgIpc) is 2.59. The highest BCUT2D eigenvalue weighted by Crippen LogP contribution is 2.37. The van der Waals surface area contributed by atoms with E-state index in [0.29, 0.717) is 13.0 Å². The van der Waals surface area contributed by atoms with Crippen molar-refractivity contribution in [1.29, 1.82) is 0 Å². The van der Waals surface area contributed by atoms with Crippen LogP contribution >= 0.6 is 0 Å². The van der Waals surface area contributed by atoms with Gasteiger partial charge in [0.05, 0.1) is 6.10 Å². The molecule has 0 aliphatic rings. The second-order valence-corrected chi connectivity index (χ2v) is 15.9. The highest BCUT2D eigenvalue weighted by atomic mass is 28.4. The molecule has 0 bridgehead atoms. The van der Waals surface area contributed by atoms with Crippen LogP contribution < -0.4 is 11.1 Å². The molecule has 0 spiro atoms. The van der Waals surface area contributed by atoms with Crippen molar-refractivity contribution in [1.82, 2.24) is 5.32 Å². The second kappa shape index (κ2) is 10.9. The fourth-order valence-corrected chi connectivity index (χ4v) is 4.84. The van der Waals surface area contributed by atoms with Crippen LogP contribution in [-0.4, -0.2) is 50.4 Å². The van der Waals surface area contributed by atoms with Gasteiger partial charge >= 0.3 is 6.09 Å². The van der Waals surface area contributed by atoms with Crippen LogP contribution in [0.15, 0.2) is 30.3 Å². The Balaban J connectivity index is 2.96. The Morgan fingerprint density at radius 2 is 1.68 bits per heavy atom. The number of amides is 1. The molecule has 31 heavy (non-hydrogen) atoms. The summed E-state index contributed by atoms with van der Waals surface area (Å²) in [6, 6.07) is 9.32. The largest absolute Gasteiger partial charge is 0.443 e. The topological polar surface area (TPSA) is 93.8 Å². The van der Waals surface area contributed by atoms with E-state index in [9.17, 15) is 9.90 Å². The molecule has 178 valence electrons. The van der Waals surface area contributed by atoms with Crippen LogP contribution in [0.2, 0.25) is 18.1 Å². The quantitative estimate of drug-likeness (QED) is 0.455. The molecule has 0 heterocycles. The minimum atomic E-state index is -1.90. The van der Waals surface area contributed by atoms with Gasteiger partial charge in [-0.15, -0.1) is 0 Å². The van der Waals surface area contributed by atoms with Gasteiger partial charge in [0, 0.05) is 19.0 Å². The number of primary amides is 1. The van der Waals surface area contributed by atoms with Gasteiger partial charge in [-0.25, -0.2) is 4.79 Å². The van der Waals surface area contributed by atoms with Crippen molar-refractivity contribution in [3.05, 3.63) is 35.9 Å². The van der Waals surface area contributed by atoms with E-state index in [1.807, 2.05) is 30.3 Å². The molecule has 1 aromatic carbocycles. The monoisotopic (exact) mass is 452 g/mol. The molecule has 1 unspecified atom stereocenters. The maximum Gasteiger partial charge on any atom is 0.404 e. The molecule has 4 N–H and O–H groups in total. The molecule has 1 rings (SSSR count). The van der Waals surface area contributed by atoms with Crippen LogP contribution in [0, 0.1) is 5.41 Å². The number of hydrogen-bond donors (Lipinski definition) is 3. The van der Waals surface area contributed by atoms with Crippen LogP contribution in [0.25, 0.3) is 0 Å². The Hall–Kier alpha value is -1.41. The zero-order valence-corrected chi connectivity index (χ0v) is 21.9. The number of carbonyl (C=O) groups is 1. The number of aliphatic hydroxyl groups excluding tert-OH is 1. The van der Waals surface area contributed by atoms with Gasteiger partial charge in [0.25, 0.3) is 0 Å². The van der Waals surface area contributed by atoms with Crippen LogP contribution in [0.5, 0.6) is 0 Å². The fraction of sp³-hybridized carbons (Fsp3) is 0.708. The number of benzene rings is 1. The molecule has 4 atom stereocenters. The van der Waals surface area contributed by atoms with E-state index in [1.165, 1.54) is 0 Å². The first-order valence-corrected chi connectivity index (χ1v) is 14.0. The summed E-state index contributed by atoms with van der Waals surface area (Å²) < 4.78 is 11.8. The predicted octanol–water partition coefficient (Wildman–Crippen LogP) is 4.47. The molecule has 1 amide bonds. The summed E-state index contributed by atoms with van der Waals surface area (Å²) in [6.07, 6.45) is -2.21. The van der Waals surface area contributed by atoms with Crippen molar-refractivity contribution in [3.63, 3.8) is 0 Å². The highest BCUT2D eigenvalue weighted by Gasteiger charge is 2.40. The first-order chi connectivity index (χ1) is 14.0. The zero-order chi connectivity index (χ0) is 24.0. The number of nitrogens with one attached hydrogen (secondary N) is 1. The van der Waals surface area contributed by atoms with Crippen molar-refractivity contribution in [3.8, 4) is 0 Å². The third kappa shape index (κ3) is 8.92. The van der Waals surface area contributed by atoms with Gasteiger partial charge < -0.3 is 25.3 Å². The van der Waals surface area contributed by atoms with E-state index in [4.69, 9.17) is 14.9 Å². The summed E-state index contributed by atoms with van der Waals surface area (Å²) >= 11 is 0. The number of nitrogens with two attached hydrogens (primary N) is 1. The minimum Gasteiger partial charge on any atom is -0.443 e. The summed E-state index contributed by atoms with van der Waals surface area (Å²) in [5.41, 5.74) is 6.00. The molecular weight excluding hydrogens is 408 g/mol. The maximum atomic E-state index is 11.5. The van der Waals surface area contributed by atoms with Crippen molar-refractivity contribution < 1.29 is 19.1 Å². The van der Waals surface area contributed by atoms with Gasteiger partial charge in [-0.3, -0.25) is 0 Å². The highest BCUT2D eigenvalue weighted by molar-refractivity contribution is 6.74. The number of carbonyl (C=O) groups excluding carboxylic acids is 1. The SMILES string of the molecule is C[C@@H](CNC([C@@H](O)[C@H](Cc1ccccc1)OC(N)=O)C(C)(C)C)O[Si](C)(C)C(C)(C)C. The lowest BCUT2D eigenvalue weighted by Crippen LogP contribution is -2.57. The third-order valence-electron chi connectivity index (χ3n) is 6.13. The van der Waals surface area contributed by atoms with E-state index in [-0.39, 0.29) is 22.6 Å². The lowest BCUT2D eigenvalue weighted by Gasteiger charge is -2.41. The molecule has 0 fully saturated rings. The molecule has 7 heteroatoms. The Labute approximate surface area is 190 Å². The normalized spacial score (nSPS) is 17.0. The fourth-order valence-electron chi connectivity index (χ4n) is 3.40. The summed E-state index contributed by atoms with van der Waals surface area (Å²) in [6.45, 7) is 19.9. The molecule has 1 aromatic rings. The van der Waals surface area contributed by atoms with Gasteiger partial charge in [0.2, 0.25) is 0 Å². The summed E-state index contributed by atoms with van der Waals surface area (Å²) in [7, 11) is -1.90. The summed E-state index contributed by atoms with van der Waals surface area (Å²) in [5, 5.41) is 14.9. The summed E-state index contributed by atoms with van der Waals surface area (Å²) in [5.74, 6) is 0. The van der Waals surface area contributed by atoms with E-state index >= 15 is 0 Å². The van der Waals surface area contributed by atoms with Gasteiger partial charge in [-0.1, -0.05) is 71.9 Å². The van der Waals surface area contributed by atoms with Gasteiger partial charge in [-0.05, 0) is 36.0 Å². The zero-order valence-electron chi connectivity index (χ0n) is 20.9. The molecule has 0 aromatic heterocycles. The van der Waals surface area contributed by atoms with Gasteiger partial charge in [0.1, 0.15) is 12.2 Å². The van der Waals surface area contributed by atoms with Crippen LogP contribution in [0.4, 0.5) is 4.79 Å². The second-order valence-electron chi connectivity index (χ2n) is 11.1. The molecule has 0 radical (unpaired) electrons. The maximum absolute atomic E-state index is 11.5. The average molecular weight is 453 g/mol. The third-order valence-corrected chi connectivity index (χ3v) is 10.7. The number of ether oxygens (including phenoxy) is 1. The van der Waals surface area contributed by atoms with Crippen LogP contribution in [0.1, 0.15) is 54.0 Å². The van der Waals surface area contributed by atoms with Gasteiger partial charge in [-0.2, -0.15) is 0 Å². The van der Waals surface area contributed by atoms with Crippen molar-refractivity contribution in [2.24, 2.45) is 11.1 Å². The number of aliphatic hydroxyl groups is 1. The Morgan fingerprint density at radius 3 is 2.13 bits per heavy atom. The van der Waals surface area contributed by atoms with Crippen LogP contribution in [-0.2, 0) is 15.6 Å². The molecular formula is C24H44N2O4Si. The Morgan fingerprint density at radius 1 is 1.13 bits per heavy atom. The molecule has 0 aliphatic heterocycles. The lowest BCUT2D eigenvalue weighted by molar-refractivity contribution is -0.0368. The lowest BCUT2D eigenvalue weighted by atomic mass is 9.80. The Kier molecular flexibility index (Phi) is 9.75. The minimum absolute atomic E-state index is 0.0115. The molecule has 0 saturated heterocycles. The van der Waals surface area contributed by atoms with E-state index in [2.05, 4.69) is 66.9 Å². The smallest absolute Gasteiger partial charge is 0.404 e. The molecule has 0 aliphatic carbocycles.